The maximum Gasteiger partial charge on any atom is 0.316 e. The van der Waals surface area contributed by atoms with Gasteiger partial charge in [0.25, 0.3) is 0 Å². The first-order chi connectivity index (χ1) is 27.5. The van der Waals surface area contributed by atoms with Gasteiger partial charge in [0, 0.05) is 39.0 Å². The summed E-state index contributed by atoms with van der Waals surface area (Å²) in [6.07, 6.45) is -3.43. The van der Waals surface area contributed by atoms with Crippen LogP contribution in [-0.4, -0.2) is 104 Å². The van der Waals surface area contributed by atoms with Crippen molar-refractivity contribution in [2.75, 3.05) is 0 Å². The Labute approximate surface area is 329 Å². The summed E-state index contributed by atoms with van der Waals surface area (Å²) in [5.41, 5.74) is 2.08. The molecule has 0 aromatic heterocycles. The van der Waals surface area contributed by atoms with Crippen molar-refractivity contribution in [3.05, 3.63) is 70.8 Å². The van der Waals surface area contributed by atoms with E-state index in [4.69, 9.17) is 0 Å². The minimum atomic E-state index is -1.61. The van der Waals surface area contributed by atoms with Crippen LogP contribution in [0, 0.1) is 0 Å². The molecule has 0 radical (unpaired) electrons. The van der Waals surface area contributed by atoms with Gasteiger partial charge in [-0.1, -0.05) is 48.5 Å². The average molecular weight is 813 g/mol. The quantitative estimate of drug-likeness (QED) is 0.132. The topological polar surface area (TPSA) is 348 Å². The normalized spacial score (nSPS) is 20.3. The highest BCUT2D eigenvalue weighted by Crippen LogP contribution is 2.09. The van der Waals surface area contributed by atoms with Crippen LogP contribution in [0.2, 0.25) is 0 Å². The van der Waals surface area contributed by atoms with Gasteiger partial charge in [-0.05, 0) is 35.1 Å². The maximum absolute atomic E-state index is 13.1. The molecule has 0 spiro atoms. The molecular weight excluding hydrogens is 768 g/mol. The monoisotopic (exact) mass is 812 g/mol. The largest absolute Gasteiger partial charge is 0.481 e. The molecule has 2 aromatic rings. The number of benzene rings is 2. The molecule has 4 aliphatic heterocycles. The number of amides is 8. The van der Waals surface area contributed by atoms with Gasteiger partial charge >= 0.3 is 35.9 Å². The van der Waals surface area contributed by atoms with E-state index in [-0.39, 0.29) is 39.0 Å². The summed E-state index contributed by atoms with van der Waals surface area (Å²) in [6, 6.07) is 4.27. The van der Waals surface area contributed by atoms with Crippen LogP contribution in [0.25, 0.3) is 0 Å². The van der Waals surface area contributed by atoms with Gasteiger partial charge in [-0.3, -0.25) is 38.4 Å². The Bertz CT molecular complexity index is 1720. The Kier molecular flexibility index (Phi) is 17.4. The molecule has 0 aliphatic carbocycles. The molecule has 312 valence electrons. The van der Waals surface area contributed by atoms with Gasteiger partial charge in [0.15, 0.2) is 0 Å². The Morgan fingerprint density at radius 2 is 0.655 bits per heavy atom. The van der Waals surface area contributed by atoms with E-state index in [1.54, 1.807) is 48.5 Å². The molecule has 4 bridgehead atoms. The van der Waals surface area contributed by atoms with Crippen molar-refractivity contribution < 1.29 is 68.4 Å². The molecule has 0 unspecified atom stereocenters. The van der Waals surface area contributed by atoms with E-state index in [1.165, 1.54) is 0 Å². The highest BCUT2D eigenvalue weighted by molar-refractivity contribution is 5.93. The molecule has 22 nitrogen and oxygen atoms in total. The van der Waals surface area contributed by atoms with Crippen LogP contribution < -0.4 is 42.5 Å². The van der Waals surface area contributed by atoms with Crippen LogP contribution in [-0.2, 0) is 64.5 Å². The molecule has 8 amide bonds. The van der Waals surface area contributed by atoms with Crippen LogP contribution in [0.4, 0.5) is 9.59 Å². The average Bonchev–Trinajstić information content (AvgIpc) is 3.16. The van der Waals surface area contributed by atoms with E-state index in [1.807, 2.05) is 0 Å². The van der Waals surface area contributed by atoms with Crippen LogP contribution in [0.5, 0.6) is 0 Å². The smallest absolute Gasteiger partial charge is 0.316 e. The van der Waals surface area contributed by atoms with Crippen molar-refractivity contribution >= 4 is 59.6 Å². The molecule has 58 heavy (non-hydrogen) atoms. The van der Waals surface area contributed by atoms with Crippen molar-refractivity contribution in [3.63, 3.8) is 0 Å². The Morgan fingerprint density at radius 3 is 0.897 bits per heavy atom. The van der Waals surface area contributed by atoms with Gasteiger partial charge in [0.2, 0.25) is 23.6 Å². The third-order valence-electron chi connectivity index (χ3n) is 8.45. The molecule has 2 aromatic carbocycles. The number of rotatable bonds is 10. The lowest BCUT2D eigenvalue weighted by atomic mass is 10.1. The van der Waals surface area contributed by atoms with E-state index in [0.29, 0.717) is 22.3 Å². The number of hydrogen-bond acceptors (Lipinski definition) is 10. The number of carbonyl (C=O) groups excluding carboxylic acids is 6. The predicted octanol–water partition coefficient (Wildman–Crippen LogP) is -1.38. The Morgan fingerprint density at radius 1 is 0.414 bits per heavy atom. The van der Waals surface area contributed by atoms with Gasteiger partial charge in [-0.15, -0.1) is 0 Å². The van der Waals surface area contributed by atoms with Crippen LogP contribution >= 0.6 is 0 Å². The van der Waals surface area contributed by atoms with Crippen molar-refractivity contribution in [3.8, 4) is 0 Å². The van der Waals surface area contributed by atoms with Crippen molar-refractivity contribution in [2.45, 2.75) is 88.9 Å². The molecule has 12 N–H and O–H groups in total. The van der Waals surface area contributed by atoms with Gasteiger partial charge in [-0.2, -0.15) is 0 Å². The zero-order chi connectivity index (χ0) is 42.8. The number of carboxylic acid groups (broad SMARTS) is 4. The molecular formula is C36H44N8O14. The maximum atomic E-state index is 13.1. The lowest BCUT2D eigenvalue weighted by Gasteiger charge is -2.22. The number of carboxylic acids is 4. The Hall–Kier alpha value is -7.26. The summed E-state index contributed by atoms with van der Waals surface area (Å²) in [4.78, 5) is 124. The van der Waals surface area contributed by atoms with Crippen LogP contribution in [0.3, 0.4) is 0 Å². The first-order valence-corrected chi connectivity index (χ1v) is 17.8. The van der Waals surface area contributed by atoms with Gasteiger partial charge in [0.05, 0.1) is 12.8 Å². The Balaban J connectivity index is 1.88. The second-order valence-corrected chi connectivity index (χ2v) is 13.0. The first kappa shape index (κ1) is 45.1. The molecule has 0 saturated heterocycles. The molecule has 4 aliphatic rings. The zero-order valence-electron chi connectivity index (χ0n) is 30.9. The minimum Gasteiger partial charge on any atom is -0.481 e. The number of nitrogens with one attached hydrogen (secondary N) is 8. The van der Waals surface area contributed by atoms with Crippen LogP contribution in [0.1, 0.15) is 60.8 Å². The molecule has 0 saturated carbocycles. The highest BCUT2D eigenvalue weighted by atomic mass is 16.4. The van der Waals surface area contributed by atoms with Crippen molar-refractivity contribution in [1.29, 1.82) is 0 Å². The van der Waals surface area contributed by atoms with Gasteiger partial charge < -0.3 is 63.0 Å². The summed E-state index contributed by atoms with van der Waals surface area (Å²) < 4.78 is 0. The fraction of sp³-hybridized carbons (Fsp3) is 0.389. The van der Waals surface area contributed by atoms with Crippen LogP contribution in [0.15, 0.2) is 48.5 Å². The second kappa shape index (κ2) is 22.3. The summed E-state index contributed by atoms with van der Waals surface area (Å²) in [6.45, 7) is -0.470. The third-order valence-corrected chi connectivity index (χ3v) is 8.45. The van der Waals surface area contributed by atoms with Gasteiger partial charge in [-0.25, -0.2) is 9.59 Å². The lowest BCUT2D eigenvalue weighted by Crippen LogP contribution is -2.55. The number of aliphatic carboxylic acids is 4. The van der Waals surface area contributed by atoms with E-state index in [9.17, 15) is 68.4 Å². The number of carbonyl (C=O) groups is 10. The standard InChI is InChI=1S/C36H44N8O14/c45-27(46)11-9-23-31(53)37-15-19-1-2-20(4-3-19)16-38-32(54)24(10-12-28(47)48)42-36(58)44-26(14-30(51)52)34(56)40-18-22-7-5-21(6-8-22)17-39-33(55)25(13-29(49)50)43-35(57)41-23/h1-8,23-26H,9-18H2,(H,37,53)(H,38,54)(H,39,55)(H,40,56)(H,45,46)(H,47,48)(H,49,50)(H,51,52)(H2,41,43,57)(H2,42,44,58)/t23-,24-,25-,26-/m0/s1. The summed E-state index contributed by atoms with van der Waals surface area (Å²) in [5.74, 6) is -8.74. The SMILES string of the molecule is O=C(O)CC[C@@H]1NC(=O)N[C@@H](CC(=O)O)C(=O)NCc2ccc(cc2)CNC(=O)[C@H](CC(=O)O)NC(=O)N[C@@H](CCC(=O)O)C(=O)NCc2ccc(cc2)CNC1=O. The molecule has 4 heterocycles. The molecule has 6 rings (SSSR count). The minimum absolute atomic E-state index is 0.0967. The number of urea groups is 2. The molecule has 22 heteroatoms. The number of hydrogen-bond donors (Lipinski definition) is 12. The van der Waals surface area contributed by atoms with E-state index in [2.05, 4.69) is 42.5 Å². The molecule has 4 atom stereocenters. The fourth-order valence-corrected chi connectivity index (χ4v) is 5.36. The van der Waals surface area contributed by atoms with E-state index >= 15 is 0 Å². The van der Waals surface area contributed by atoms with E-state index < -0.39 is 109 Å². The third kappa shape index (κ3) is 16.2. The summed E-state index contributed by atoms with van der Waals surface area (Å²) >= 11 is 0. The van der Waals surface area contributed by atoms with Crippen molar-refractivity contribution in [2.24, 2.45) is 0 Å². The summed E-state index contributed by atoms with van der Waals surface area (Å²) in [5, 5.41) is 56.3. The fourth-order valence-electron chi connectivity index (χ4n) is 5.36. The van der Waals surface area contributed by atoms with Gasteiger partial charge in [0.1, 0.15) is 24.2 Å². The predicted molar refractivity (Wildman–Crippen MR) is 197 cm³/mol. The van der Waals surface area contributed by atoms with E-state index in [0.717, 1.165) is 0 Å². The van der Waals surface area contributed by atoms with Crippen molar-refractivity contribution in [1.82, 2.24) is 42.5 Å². The second-order valence-electron chi connectivity index (χ2n) is 13.0. The highest BCUT2D eigenvalue weighted by Gasteiger charge is 2.29. The summed E-state index contributed by atoms with van der Waals surface area (Å²) in [7, 11) is 0. The first-order valence-electron chi connectivity index (χ1n) is 17.8. The molecule has 0 fully saturated rings. The zero-order valence-corrected chi connectivity index (χ0v) is 30.9. The lowest BCUT2D eigenvalue weighted by molar-refractivity contribution is -0.140.